The van der Waals surface area contributed by atoms with Crippen molar-refractivity contribution in [3.63, 3.8) is 0 Å². The maximum absolute atomic E-state index is 11.0. The molecule has 0 aliphatic carbocycles. The molecule has 1 rings (SSSR count). The molecule has 0 fully saturated rings. The van der Waals surface area contributed by atoms with Crippen molar-refractivity contribution in [2.24, 2.45) is 0 Å². The van der Waals surface area contributed by atoms with E-state index in [0.717, 1.165) is 12.8 Å². The third-order valence-corrected chi connectivity index (χ3v) is 2.24. The Morgan fingerprint density at radius 1 is 1.50 bits per heavy atom. The minimum absolute atomic E-state index is 0.119. The van der Waals surface area contributed by atoms with Gasteiger partial charge < -0.3 is 5.32 Å². The fourth-order valence-electron chi connectivity index (χ4n) is 0.983. The zero-order valence-electron chi connectivity index (χ0n) is 8.19. The summed E-state index contributed by atoms with van der Waals surface area (Å²) in [6.45, 7) is 2.69. The van der Waals surface area contributed by atoms with E-state index in [-0.39, 0.29) is 5.75 Å². The van der Waals surface area contributed by atoms with Crippen LogP contribution in [0, 0.1) is 0 Å². The van der Waals surface area contributed by atoms with Gasteiger partial charge in [0.2, 0.25) is 0 Å². The van der Waals surface area contributed by atoms with Crippen molar-refractivity contribution >= 4 is 15.7 Å². The van der Waals surface area contributed by atoms with Gasteiger partial charge in [-0.1, -0.05) is 0 Å². The predicted molar refractivity (Wildman–Crippen MR) is 54.7 cm³/mol. The third kappa shape index (κ3) is 3.69. The topological polar surface area (TPSA) is 72.0 Å². The van der Waals surface area contributed by atoms with Crippen LogP contribution in [0.3, 0.4) is 0 Å². The Hall–Kier alpha value is -1.17. The first-order chi connectivity index (χ1) is 6.51. The number of nitrogens with one attached hydrogen (secondary N) is 1. The van der Waals surface area contributed by atoms with Crippen molar-refractivity contribution in [2.45, 2.75) is 12.7 Å². The van der Waals surface area contributed by atoms with Crippen LogP contribution in [-0.2, 0) is 15.6 Å². The molecule has 0 bridgehead atoms. The Morgan fingerprint density at radius 3 is 2.79 bits per heavy atom. The SMILES string of the molecule is CCNc1ccnc(CS(C)(=O)=O)n1. The van der Waals surface area contributed by atoms with Gasteiger partial charge in [0.05, 0.1) is 0 Å². The van der Waals surface area contributed by atoms with Crippen LogP contribution in [0.5, 0.6) is 0 Å². The van der Waals surface area contributed by atoms with Crippen LogP contribution in [0.2, 0.25) is 0 Å². The molecule has 1 heterocycles. The summed E-state index contributed by atoms with van der Waals surface area (Å²) in [5.41, 5.74) is 0. The van der Waals surface area contributed by atoms with E-state index in [1.54, 1.807) is 12.3 Å². The number of anilines is 1. The molecule has 0 amide bonds. The lowest BCUT2D eigenvalue weighted by molar-refractivity contribution is 0.599. The van der Waals surface area contributed by atoms with Crippen LogP contribution in [0.4, 0.5) is 5.82 Å². The van der Waals surface area contributed by atoms with Crippen LogP contribution in [-0.4, -0.2) is 31.2 Å². The molecule has 1 N–H and O–H groups in total. The second-order valence-electron chi connectivity index (χ2n) is 2.96. The summed E-state index contributed by atoms with van der Waals surface area (Å²) in [5.74, 6) is 0.860. The first-order valence-electron chi connectivity index (χ1n) is 4.25. The van der Waals surface area contributed by atoms with E-state index in [1.807, 2.05) is 6.92 Å². The predicted octanol–water partition coefficient (Wildman–Crippen LogP) is 0.453. The Balaban J connectivity index is 2.83. The number of hydrogen-bond donors (Lipinski definition) is 1. The summed E-state index contributed by atoms with van der Waals surface area (Å²) in [6.07, 6.45) is 2.71. The maximum Gasteiger partial charge on any atom is 0.154 e. The number of sulfone groups is 1. The second kappa shape index (κ2) is 4.36. The fraction of sp³-hybridized carbons (Fsp3) is 0.500. The lowest BCUT2D eigenvalue weighted by Gasteiger charge is -2.03. The lowest BCUT2D eigenvalue weighted by atomic mass is 10.5. The van der Waals surface area contributed by atoms with E-state index >= 15 is 0 Å². The molecule has 6 heteroatoms. The largest absolute Gasteiger partial charge is 0.370 e. The summed E-state index contributed by atoms with van der Waals surface area (Å²) in [7, 11) is -3.06. The summed E-state index contributed by atoms with van der Waals surface area (Å²) >= 11 is 0. The minimum atomic E-state index is -3.06. The molecule has 0 atom stereocenters. The Morgan fingerprint density at radius 2 is 2.21 bits per heavy atom. The van der Waals surface area contributed by atoms with E-state index in [9.17, 15) is 8.42 Å². The van der Waals surface area contributed by atoms with Gasteiger partial charge in [0, 0.05) is 19.0 Å². The van der Waals surface area contributed by atoms with Gasteiger partial charge in [-0.3, -0.25) is 0 Å². The Labute approximate surface area is 83.5 Å². The molecule has 0 spiro atoms. The van der Waals surface area contributed by atoms with Crippen molar-refractivity contribution < 1.29 is 8.42 Å². The third-order valence-electron chi connectivity index (χ3n) is 1.45. The molecular weight excluding hydrogens is 202 g/mol. The van der Waals surface area contributed by atoms with Crippen molar-refractivity contribution in [3.8, 4) is 0 Å². The molecule has 78 valence electrons. The molecule has 0 saturated carbocycles. The maximum atomic E-state index is 11.0. The zero-order chi connectivity index (χ0) is 10.6. The molecule has 1 aromatic heterocycles. The number of aromatic nitrogens is 2. The molecule has 0 aliphatic heterocycles. The van der Waals surface area contributed by atoms with E-state index in [0.29, 0.717) is 11.6 Å². The zero-order valence-corrected chi connectivity index (χ0v) is 9.00. The van der Waals surface area contributed by atoms with E-state index < -0.39 is 9.84 Å². The van der Waals surface area contributed by atoms with E-state index in [1.165, 1.54) is 0 Å². The van der Waals surface area contributed by atoms with Crippen molar-refractivity contribution in [3.05, 3.63) is 18.1 Å². The first kappa shape index (κ1) is 10.9. The molecule has 0 aromatic carbocycles. The van der Waals surface area contributed by atoms with Gasteiger partial charge >= 0.3 is 0 Å². The van der Waals surface area contributed by atoms with Crippen LogP contribution in [0.25, 0.3) is 0 Å². The van der Waals surface area contributed by atoms with E-state index in [4.69, 9.17) is 0 Å². The smallest absolute Gasteiger partial charge is 0.154 e. The Bertz CT molecular complexity index is 403. The highest BCUT2D eigenvalue weighted by atomic mass is 32.2. The molecule has 0 saturated heterocycles. The van der Waals surface area contributed by atoms with Crippen molar-refractivity contribution in [1.82, 2.24) is 9.97 Å². The highest BCUT2D eigenvalue weighted by Gasteiger charge is 2.07. The van der Waals surface area contributed by atoms with Crippen LogP contribution in [0.1, 0.15) is 12.7 Å². The first-order valence-corrected chi connectivity index (χ1v) is 6.31. The number of nitrogens with zero attached hydrogens (tertiary/aromatic N) is 2. The standard InChI is InChI=1S/C8H13N3O2S/c1-3-9-7-4-5-10-8(11-7)6-14(2,12)13/h4-5H,3,6H2,1-2H3,(H,9,10,11). The van der Waals surface area contributed by atoms with Gasteiger partial charge in [-0.2, -0.15) is 0 Å². The summed E-state index contributed by atoms with van der Waals surface area (Å²) in [5, 5.41) is 2.99. The van der Waals surface area contributed by atoms with Gasteiger partial charge in [-0.05, 0) is 13.0 Å². The summed E-state index contributed by atoms with van der Waals surface area (Å²) in [6, 6.07) is 1.70. The van der Waals surface area contributed by atoms with Crippen molar-refractivity contribution in [1.29, 1.82) is 0 Å². The highest BCUT2D eigenvalue weighted by molar-refractivity contribution is 7.89. The summed E-state index contributed by atoms with van der Waals surface area (Å²) in [4.78, 5) is 7.92. The normalized spacial score (nSPS) is 11.3. The fourth-order valence-corrected chi connectivity index (χ4v) is 1.59. The number of rotatable bonds is 4. The Kier molecular flexibility index (Phi) is 3.40. The van der Waals surface area contributed by atoms with Crippen LogP contribution >= 0.6 is 0 Å². The molecule has 5 nitrogen and oxygen atoms in total. The molecule has 0 unspecified atom stereocenters. The van der Waals surface area contributed by atoms with Gasteiger partial charge in [-0.15, -0.1) is 0 Å². The molecular formula is C8H13N3O2S. The van der Waals surface area contributed by atoms with Gasteiger partial charge in [0.1, 0.15) is 17.4 Å². The molecule has 1 aromatic rings. The van der Waals surface area contributed by atoms with Gasteiger partial charge in [0.15, 0.2) is 9.84 Å². The average molecular weight is 215 g/mol. The second-order valence-corrected chi connectivity index (χ2v) is 5.10. The molecule has 14 heavy (non-hydrogen) atoms. The minimum Gasteiger partial charge on any atom is -0.370 e. The monoisotopic (exact) mass is 215 g/mol. The lowest BCUT2D eigenvalue weighted by Crippen LogP contribution is -2.07. The van der Waals surface area contributed by atoms with Crippen LogP contribution < -0.4 is 5.32 Å². The number of hydrogen-bond acceptors (Lipinski definition) is 5. The van der Waals surface area contributed by atoms with E-state index in [2.05, 4.69) is 15.3 Å². The van der Waals surface area contributed by atoms with Crippen LogP contribution in [0.15, 0.2) is 12.3 Å². The average Bonchev–Trinajstić information content (AvgIpc) is 2.02. The summed E-state index contributed by atoms with van der Waals surface area (Å²) < 4.78 is 21.9. The van der Waals surface area contributed by atoms with Crippen molar-refractivity contribution in [2.75, 3.05) is 18.1 Å². The van der Waals surface area contributed by atoms with Gasteiger partial charge in [0.25, 0.3) is 0 Å². The molecule has 0 aliphatic rings. The van der Waals surface area contributed by atoms with Gasteiger partial charge in [-0.25, -0.2) is 18.4 Å². The molecule has 0 radical (unpaired) electrons. The highest BCUT2D eigenvalue weighted by Crippen LogP contribution is 2.03. The quantitative estimate of drug-likeness (QED) is 0.789.